The van der Waals surface area contributed by atoms with Gasteiger partial charge in [-0.25, -0.2) is 0 Å². The zero-order chi connectivity index (χ0) is 42.6. The third-order valence-corrected chi connectivity index (χ3v) is 8.50. The first-order valence-electron chi connectivity index (χ1n) is 19.3. The van der Waals surface area contributed by atoms with Crippen molar-refractivity contribution < 1.29 is 49.2 Å². The van der Waals surface area contributed by atoms with Crippen molar-refractivity contribution in [2.75, 3.05) is 0 Å². The molecule has 9 N–H and O–H groups in total. The number of amides is 5. The van der Waals surface area contributed by atoms with Crippen LogP contribution in [0.25, 0.3) is 0 Å². The molecule has 0 aromatic heterocycles. The fourth-order valence-electron chi connectivity index (χ4n) is 5.50. The van der Waals surface area contributed by atoms with E-state index in [0.29, 0.717) is 12.8 Å². The maximum atomic E-state index is 13.2. The number of aliphatic hydroxyl groups is 2. The zero-order valence-electron chi connectivity index (χ0n) is 35.3. The van der Waals surface area contributed by atoms with Crippen LogP contribution in [0, 0.1) is 23.7 Å². The van der Waals surface area contributed by atoms with Gasteiger partial charge < -0.3 is 47.0 Å². The highest BCUT2D eigenvalue weighted by Crippen LogP contribution is 2.15. The van der Waals surface area contributed by atoms with Gasteiger partial charge in [-0.3, -0.25) is 28.8 Å². The minimum Gasteiger partial charge on any atom is -0.508 e. The van der Waals surface area contributed by atoms with E-state index in [1.807, 2.05) is 55.4 Å². The number of hydrogen-bond donors (Lipinski definition) is 9. The summed E-state index contributed by atoms with van der Waals surface area (Å²) in [5.41, 5.74) is 0.763. The average molecular weight is 814 g/mol. The third-order valence-electron chi connectivity index (χ3n) is 8.50. The van der Waals surface area contributed by atoms with Gasteiger partial charge in [-0.05, 0) is 68.1 Å². The summed E-state index contributed by atoms with van der Waals surface area (Å²) in [5, 5.41) is 51.9. The molecule has 0 saturated carbocycles. The van der Waals surface area contributed by atoms with Gasteiger partial charge in [0.05, 0.1) is 30.7 Å². The number of hydrogen-bond acceptors (Lipinski definition) is 9. The van der Waals surface area contributed by atoms with Crippen LogP contribution in [0.4, 0.5) is 0 Å². The lowest BCUT2D eigenvalue weighted by Crippen LogP contribution is -2.58. The van der Waals surface area contributed by atoms with Crippen LogP contribution in [-0.4, -0.2) is 98.3 Å². The lowest BCUT2D eigenvalue weighted by atomic mass is 9.97. The maximum Gasteiger partial charge on any atom is 0.306 e. The maximum absolute atomic E-state index is 13.2. The summed E-state index contributed by atoms with van der Waals surface area (Å²) < 4.78 is 0. The number of phenolic OH excluding ortho intramolecular Hbond substituents is 1. The van der Waals surface area contributed by atoms with Crippen LogP contribution in [0.3, 0.4) is 0 Å². The van der Waals surface area contributed by atoms with Gasteiger partial charge in [-0.2, -0.15) is 9.90 Å². The molecule has 16 heteroatoms. The van der Waals surface area contributed by atoms with E-state index in [0.717, 1.165) is 5.56 Å². The van der Waals surface area contributed by atoms with E-state index in [1.54, 1.807) is 32.9 Å². The molecule has 0 aliphatic carbocycles. The highest BCUT2D eigenvalue weighted by atomic mass is 31.0. The second kappa shape index (κ2) is 27.7. The van der Waals surface area contributed by atoms with Crippen molar-refractivity contribution in [3.05, 3.63) is 29.8 Å². The number of aliphatic hydroxyl groups excluding tert-OH is 2. The molecular formula is C40H72N5O10P. The predicted octanol–water partition coefficient (Wildman–Crippen LogP) is 2.84. The second-order valence-corrected chi connectivity index (χ2v) is 15.9. The summed E-state index contributed by atoms with van der Waals surface area (Å²) in [7, 11) is 0. The van der Waals surface area contributed by atoms with Crippen LogP contribution in [-0.2, 0) is 35.2 Å². The zero-order valence-corrected chi connectivity index (χ0v) is 36.8. The average Bonchev–Trinajstić information content (AvgIpc) is 3.05. The Kier molecular flexibility index (Phi) is 26.9. The molecule has 1 aromatic rings. The van der Waals surface area contributed by atoms with Gasteiger partial charge in [0.25, 0.3) is 0 Å². The molecule has 0 spiro atoms. The van der Waals surface area contributed by atoms with Crippen molar-refractivity contribution in [2.45, 2.75) is 157 Å². The quantitative estimate of drug-likeness (QED) is 0.0776. The van der Waals surface area contributed by atoms with Crippen LogP contribution in [0.15, 0.2) is 24.3 Å². The first-order chi connectivity index (χ1) is 25.5. The van der Waals surface area contributed by atoms with Gasteiger partial charge in [0.1, 0.15) is 23.9 Å². The number of aromatic hydroxyl groups is 1. The molecule has 5 amide bonds. The van der Waals surface area contributed by atoms with E-state index in [2.05, 4.69) is 26.6 Å². The third kappa shape index (κ3) is 23.3. The Morgan fingerprint density at radius 3 is 1.59 bits per heavy atom. The van der Waals surface area contributed by atoms with E-state index >= 15 is 0 Å². The molecule has 56 heavy (non-hydrogen) atoms. The van der Waals surface area contributed by atoms with Crippen molar-refractivity contribution in [1.82, 2.24) is 26.6 Å². The summed E-state index contributed by atoms with van der Waals surface area (Å²) in [6, 6.07) is 2.90. The summed E-state index contributed by atoms with van der Waals surface area (Å²) in [5.74, 6) is -2.40. The normalized spacial score (nSPS) is 14.8. The first kappa shape index (κ1) is 54.3. The Balaban J connectivity index is 0. The van der Waals surface area contributed by atoms with E-state index in [-0.39, 0.29) is 76.3 Å². The molecule has 0 radical (unpaired) electrons. The molecule has 0 heterocycles. The molecule has 15 nitrogen and oxygen atoms in total. The molecular weight excluding hydrogens is 741 g/mol. The minimum atomic E-state index is -1.16. The SMILES string of the molecule is CC(C)CC(=O)N[C@@H](Cc1ccc(O)cc1)C(=O)N[C@H](C(=O)N[C@@H](CC(C)C)[C@H](C)O)C(C)C.CCC(=O)N[C@@H](C)C(=O)N[C@@H](CC(C)C)[C@@H](O)CC(=O)O.P. The number of aliphatic carboxylic acids is 1. The van der Waals surface area contributed by atoms with Gasteiger partial charge >= 0.3 is 5.97 Å². The molecule has 322 valence electrons. The van der Waals surface area contributed by atoms with E-state index in [1.165, 1.54) is 12.1 Å². The Morgan fingerprint density at radius 2 is 1.14 bits per heavy atom. The topological polar surface area (TPSA) is 243 Å². The van der Waals surface area contributed by atoms with Crippen LogP contribution >= 0.6 is 9.90 Å². The van der Waals surface area contributed by atoms with Crippen molar-refractivity contribution >= 4 is 45.4 Å². The fraction of sp³-hybridized carbons (Fsp3) is 0.700. The van der Waals surface area contributed by atoms with E-state index in [9.17, 15) is 44.1 Å². The standard InChI is InChI=1S/C26H43N3O5.C14H26N2O5.H3P/c1-15(2)12-21(18(7)30)28-26(34)24(17(5)6)29-25(33)22(27-23(32)13-16(3)4)14-19-8-10-20(31)11-9-19;1-5-12(18)15-9(4)14(21)16-10(6-8(2)3)11(17)7-13(19)20;/h8-11,15-18,21-22,24,30-31H,12-14H2,1-7H3,(H,27,32)(H,28,34)(H,29,33);8-11,17H,5-7H2,1-4H3,(H,15,18)(H,16,21)(H,19,20);1H3/t18-,21-,22-,24-;9-,10-,11-;/m00./s1. The number of rotatable bonds is 22. The Hall–Kier alpha value is -3.81. The van der Waals surface area contributed by atoms with Crippen molar-refractivity contribution in [3.8, 4) is 5.75 Å². The van der Waals surface area contributed by atoms with Gasteiger partial charge in [0, 0.05) is 19.3 Å². The molecule has 0 saturated heterocycles. The minimum absolute atomic E-state index is 0. The monoisotopic (exact) mass is 814 g/mol. The van der Waals surface area contributed by atoms with Gasteiger partial charge in [-0.1, -0.05) is 74.4 Å². The molecule has 8 atom stereocenters. The van der Waals surface area contributed by atoms with Crippen molar-refractivity contribution in [1.29, 1.82) is 0 Å². The number of carbonyl (C=O) groups excluding carboxylic acids is 5. The summed E-state index contributed by atoms with van der Waals surface area (Å²) in [6.45, 7) is 20.2. The van der Waals surface area contributed by atoms with Crippen LogP contribution in [0.2, 0.25) is 0 Å². The number of carboxylic acid groups (broad SMARTS) is 1. The number of nitrogens with one attached hydrogen (secondary N) is 5. The van der Waals surface area contributed by atoms with E-state index < -0.39 is 66.6 Å². The smallest absolute Gasteiger partial charge is 0.306 e. The second-order valence-electron chi connectivity index (χ2n) is 15.9. The summed E-state index contributed by atoms with van der Waals surface area (Å²) in [4.78, 5) is 72.7. The molecule has 0 aliphatic rings. The van der Waals surface area contributed by atoms with E-state index in [4.69, 9.17) is 5.11 Å². The van der Waals surface area contributed by atoms with Crippen molar-refractivity contribution in [3.63, 3.8) is 0 Å². The van der Waals surface area contributed by atoms with Gasteiger partial charge in [0.2, 0.25) is 29.5 Å². The van der Waals surface area contributed by atoms with Crippen LogP contribution in [0.1, 0.15) is 114 Å². The molecule has 0 bridgehead atoms. The molecule has 1 unspecified atom stereocenters. The molecule has 1 aromatic carbocycles. The lowest BCUT2D eigenvalue weighted by Gasteiger charge is -2.29. The number of carboxylic acids is 1. The Bertz CT molecular complexity index is 1360. The van der Waals surface area contributed by atoms with Crippen LogP contribution in [0.5, 0.6) is 5.75 Å². The highest BCUT2D eigenvalue weighted by Gasteiger charge is 2.31. The number of benzene rings is 1. The lowest BCUT2D eigenvalue weighted by molar-refractivity contribution is -0.140. The highest BCUT2D eigenvalue weighted by molar-refractivity contribution is 6.92. The van der Waals surface area contributed by atoms with Gasteiger partial charge in [-0.15, -0.1) is 0 Å². The number of carbonyl (C=O) groups is 6. The first-order valence-corrected chi connectivity index (χ1v) is 19.3. The predicted molar refractivity (Wildman–Crippen MR) is 222 cm³/mol. The fourth-order valence-corrected chi connectivity index (χ4v) is 5.50. The Labute approximate surface area is 336 Å². The molecule has 0 fully saturated rings. The summed E-state index contributed by atoms with van der Waals surface area (Å²) >= 11 is 0. The molecule has 0 aliphatic heterocycles. The summed E-state index contributed by atoms with van der Waals surface area (Å²) in [6.07, 6.45) is -0.506. The Morgan fingerprint density at radius 1 is 0.625 bits per heavy atom. The molecule has 1 rings (SSSR count). The number of phenols is 1. The van der Waals surface area contributed by atoms with Gasteiger partial charge in [0.15, 0.2) is 0 Å². The van der Waals surface area contributed by atoms with Crippen LogP contribution < -0.4 is 26.6 Å². The van der Waals surface area contributed by atoms with Crippen molar-refractivity contribution in [2.24, 2.45) is 23.7 Å². The largest absolute Gasteiger partial charge is 0.508 e.